The molecule has 2 aromatic rings. The number of carboxylic acid groups (broad SMARTS) is 1. The summed E-state index contributed by atoms with van der Waals surface area (Å²) in [6, 6.07) is 8.23. The molecule has 0 amide bonds. The van der Waals surface area contributed by atoms with Crippen molar-refractivity contribution in [1.82, 2.24) is 10.4 Å². The van der Waals surface area contributed by atoms with E-state index >= 15 is 0 Å². The van der Waals surface area contributed by atoms with Crippen molar-refractivity contribution >= 4 is 45.0 Å². The Labute approximate surface area is 178 Å². The van der Waals surface area contributed by atoms with Crippen LogP contribution in [-0.2, 0) is 9.53 Å². The molecule has 1 aromatic carbocycles. The monoisotopic (exact) mass is 463 g/mol. The molecule has 4 N–H and O–H groups in total. The molecule has 2 heterocycles. The lowest BCUT2D eigenvalue weighted by Crippen LogP contribution is -2.34. The minimum Gasteiger partial charge on any atom is -0.481 e. The van der Waals surface area contributed by atoms with E-state index < -0.39 is 5.97 Å². The van der Waals surface area contributed by atoms with Gasteiger partial charge >= 0.3 is 5.97 Å². The summed E-state index contributed by atoms with van der Waals surface area (Å²) in [4.78, 5) is 22.3. The first-order valence-corrected chi connectivity index (χ1v) is 10.4. The zero-order chi connectivity index (χ0) is 20.8. The van der Waals surface area contributed by atoms with Crippen molar-refractivity contribution in [2.24, 2.45) is 10.8 Å². The number of halogens is 1. The number of benzene rings is 1. The van der Waals surface area contributed by atoms with Gasteiger partial charge in [0.1, 0.15) is 5.82 Å². The first-order chi connectivity index (χ1) is 14.0. The molecule has 2 atom stereocenters. The number of fused-ring (bicyclic) bond motifs is 1. The molecule has 0 bridgehead atoms. The molecule has 3 rings (SSSR count). The number of hydrogen-bond acceptors (Lipinski definition) is 6. The Morgan fingerprint density at radius 3 is 3.14 bits per heavy atom. The maximum atomic E-state index is 10.7. The highest BCUT2D eigenvalue weighted by Crippen LogP contribution is 2.33. The first-order valence-electron chi connectivity index (χ1n) is 9.63. The predicted molar refractivity (Wildman–Crippen MR) is 117 cm³/mol. The van der Waals surface area contributed by atoms with Gasteiger partial charge in [-0.25, -0.2) is 10.8 Å². The van der Waals surface area contributed by atoms with Crippen LogP contribution in [0.3, 0.4) is 0 Å². The second-order valence-corrected chi connectivity index (χ2v) is 7.98. The second-order valence-electron chi connectivity index (χ2n) is 7.06. The summed E-state index contributed by atoms with van der Waals surface area (Å²) in [7, 11) is 0. The molecule has 29 heavy (non-hydrogen) atoms. The largest absolute Gasteiger partial charge is 0.481 e. The number of anilines is 1. The number of nitrogens with zero attached hydrogens (tertiary/aromatic N) is 3. The molecule has 9 heteroatoms. The highest BCUT2D eigenvalue weighted by molar-refractivity contribution is 9.10. The van der Waals surface area contributed by atoms with E-state index in [9.17, 15) is 4.79 Å². The number of carboxylic acids is 1. The average molecular weight is 464 g/mol. The van der Waals surface area contributed by atoms with Crippen LogP contribution in [0.5, 0.6) is 0 Å². The Morgan fingerprint density at radius 2 is 2.38 bits per heavy atom. The van der Waals surface area contributed by atoms with Gasteiger partial charge in [0.15, 0.2) is 0 Å². The fourth-order valence-corrected chi connectivity index (χ4v) is 3.98. The smallest absolute Gasteiger partial charge is 0.305 e. The highest BCUT2D eigenvalue weighted by atomic mass is 79.9. The number of hydrazine groups is 1. The highest BCUT2D eigenvalue weighted by Gasteiger charge is 2.27. The van der Waals surface area contributed by atoms with Crippen LogP contribution in [0.4, 0.5) is 5.82 Å². The molecule has 8 nitrogen and oxygen atoms in total. The minimum atomic E-state index is -0.846. The lowest BCUT2D eigenvalue weighted by Gasteiger charge is -2.27. The van der Waals surface area contributed by atoms with Gasteiger partial charge < -0.3 is 20.2 Å². The van der Waals surface area contributed by atoms with Crippen molar-refractivity contribution in [3.63, 3.8) is 0 Å². The van der Waals surface area contributed by atoms with Gasteiger partial charge in [0.05, 0.1) is 43.6 Å². The number of aliphatic imine (C=N–C) groups is 1. The van der Waals surface area contributed by atoms with Crippen molar-refractivity contribution in [3.8, 4) is 0 Å². The van der Waals surface area contributed by atoms with E-state index in [2.05, 4.69) is 37.3 Å². The Morgan fingerprint density at radius 1 is 1.55 bits per heavy atom. The van der Waals surface area contributed by atoms with E-state index in [0.29, 0.717) is 6.61 Å². The first kappa shape index (κ1) is 21.5. The number of aromatic nitrogens is 1. The molecular weight excluding hydrogens is 438 g/mol. The molecule has 1 aliphatic heterocycles. The van der Waals surface area contributed by atoms with Gasteiger partial charge in [-0.2, -0.15) is 0 Å². The normalized spacial score (nSPS) is 17.9. The predicted octanol–water partition coefficient (Wildman–Crippen LogP) is 3.01. The lowest BCUT2D eigenvalue weighted by molar-refractivity contribution is -0.138. The molecule has 0 radical (unpaired) electrons. The SMILES string of the molecule is CC(N=CNN)c1cc(N2CCC[C@H]2COCCC(=O)O)nc2cc(Br)ccc12. The number of hydrogen-bond donors (Lipinski definition) is 3. The zero-order valence-corrected chi connectivity index (χ0v) is 17.9. The summed E-state index contributed by atoms with van der Waals surface area (Å²) in [6.45, 7) is 3.62. The summed E-state index contributed by atoms with van der Waals surface area (Å²) in [6.07, 6.45) is 3.55. The van der Waals surface area contributed by atoms with E-state index in [1.807, 2.05) is 25.1 Å². The van der Waals surface area contributed by atoms with Crippen LogP contribution in [0.1, 0.15) is 37.8 Å². The van der Waals surface area contributed by atoms with Gasteiger partial charge in [0, 0.05) is 16.4 Å². The minimum absolute atomic E-state index is 0.0177. The van der Waals surface area contributed by atoms with Gasteiger partial charge in [-0.05, 0) is 43.5 Å². The van der Waals surface area contributed by atoms with E-state index in [-0.39, 0.29) is 25.1 Å². The number of nitrogens with one attached hydrogen (secondary N) is 1. The summed E-state index contributed by atoms with van der Waals surface area (Å²) >= 11 is 3.53. The van der Waals surface area contributed by atoms with E-state index in [4.69, 9.17) is 20.7 Å². The molecule has 1 aromatic heterocycles. The fourth-order valence-electron chi connectivity index (χ4n) is 3.63. The molecular formula is C20H26BrN5O3. The van der Waals surface area contributed by atoms with Crippen LogP contribution in [0.2, 0.25) is 0 Å². The van der Waals surface area contributed by atoms with E-state index in [1.54, 1.807) is 0 Å². The number of pyridine rings is 1. The van der Waals surface area contributed by atoms with Crippen molar-refractivity contribution in [2.75, 3.05) is 24.7 Å². The van der Waals surface area contributed by atoms with Crippen LogP contribution in [-0.4, -0.2) is 48.2 Å². The van der Waals surface area contributed by atoms with Crippen molar-refractivity contribution < 1.29 is 14.6 Å². The molecule has 0 aliphatic carbocycles. The second kappa shape index (κ2) is 10.00. The molecule has 156 valence electrons. The summed E-state index contributed by atoms with van der Waals surface area (Å²) in [5.74, 6) is 5.38. The fraction of sp³-hybridized carbons (Fsp3) is 0.450. The van der Waals surface area contributed by atoms with Gasteiger partial charge in [-0.3, -0.25) is 9.79 Å². The Balaban J connectivity index is 1.89. The molecule has 0 saturated carbocycles. The van der Waals surface area contributed by atoms with E-state index in [1.165, 1.54) is 6.34 Å². The van der Waals surface area contributed by atoms with Crippen molar-refractivity contribution in [2.45, 2.75) is 38.3 Å². The third-order valence-corrected chi connectivity index (χ3v) is 5.55. The Kier molecular flexibility index (Phi) is 7.40. The molecule has 0 spiro atoms. The topological polar surface area (TPSA) is 113 Å². The van der Waals surface area contributed by atoms with Gasteiger partial charge in [-0.15, -0.1) is 0 Å². The average Bonchev–Trinajstić information content (AvgIpc) is 3.16. The number of carbonyl (C=O) groups is 1. The van der Waals surface area contributed by atoms with Crippen molar-refractivity contribution in [1.29, 1.82) is 0 Å². The third-order valence-electron chi connectivity index (χ3n) is 5.06. The standard InChI is InChI=1S/C20H26BrN5O3/c1-13(23-12-24-22)17-10-19(25-18-9-14(21)4-5-16(17)18)26-7-2-3-15(26)11-29-8-6-20(27)28/h4-5,9-10,12-13,15H,2-3,6-8,11,22H2,1H3,(H,23,24)(H,27,28)/t13?,15-/m0/s1. The lowest BCUT2D eigenvalue weighted by atomic mass is 10.0. The van der Waals surface area contributed by atoms with E-state index in [0.717, 1.165) is 46.1 Å². The third kappa shape index (κ3) is 5.43. The summed E-state index contributed by atoms with van der Waals surface area (Å²) in [5.41, 5.74) is 4.42. The van der Waals surface area contributed by atoms with Crippen LogP contribution in [0.15, 0.2) is 33.7 Å². The molecule has 1 aliphatic rings. The maximum Gasteiger partial charge on any atom is 0.305 e. The maximum absolute atomic E-state index is 10.7. The van der Waals surface area contributed by atoms with Gasteiger partial charge in [0.2, 0.25) is 0 Å². The van der Waals surface area contributed by atoms with Gasteiger partial charge in [-0.1, -0.05) is 22.0 Å². The van der Waals surface area contributed by atoms with Crippen LogP contribution in [0, 0.1) is 0 Å². The Bertz CT molecular complexity index is 892. The van der Waals surface area contributed by atoms with Gasteiger partial charge in [0.25, 0.3) is 0 Å². The summed E-state index contributed by atoms with van der Waals surface area (Å²) in [5, 5.41) is 9.82. The number of ether oxygens (including phenoxy) is 1. The Hall–Kier alpha value is -2.23. The number of aliphatic carboxylic acids is 1. The van der Waals surface area contributed by atoms with Crippen LogP contribution >= 0.6 is 15.9 Å². The number of nitrogens with two attached hydrogens (primary N) is 1. The zero-order valence-electron chi connectivity index (χ0n) is 16.3. The molecule has 1 saturated heterocycles. The van der Waals surface area contributed by atoms with Crippen LogP contribution < -0.4 is 16.2 Å². The van der Waals surface area contributed by atoms with Crippen LogP contribution in [0.25, 0.3) is 10.9 Å². The number of rotatable bonds is 9. The quantitative estimate of drug-likeness (QED) is 0.172. The van der Waals surface area contributed by atoms with Crippen molar-refractivity contribution in [3.05, 3.63) is 34.3 Å². The molecule has 1 unspecified atom stereocenters. The molecule has 1 fully saturated rings. The summed E-state index contributed by atoms with van der Waals surface area (Å²) < 4.78 is 6.58.